The second-order valence-electron chi connectivity index (χ2n) is 6.08. The number of aldehydes is 1. The van der Waals surface area contributed by atoms with E-state index < -0.39 is 4.92 Å². The highest BCUT2D eigenvalue weighted by molar-refractivity contribution is 5.49. The van der Waals surface area contributed by atoms with Crippen molar-refractivity contribution >= 4 is 6.29 Å². The molecule has 0 N–H and O–H groups in total. The van der Waals surface area contributed by atoms with Gasteiger partial charge >= 0.3 is 0 Å². The predicted molar refractivity (Wildman–Crippen MR) is 106 cm³/mol. The average molecular weight is 378 g/mol. The van der Waals surface area contributed by atoms with Crippen LogP contribution in [0.1, 0.15) is 71.1 Å². The zero-order chi connectivity index (χ0) is 20.3. The van der Waals surface area contributed by atoms with Gasteiger partial charge in [0.1, 0.15) is 6.29 Å². The van der Waals surface area contributed by atoms with Gasteiger partial charge < -0.3 is 4.79 Å². The van der Waals surface area contributed by atoms with Gasteiger partial charge in [-0.3, -0.25) is 20.2 Å². The van der Waals surface area contributed by atoms with Crippen LogP contribution in [-0.4, -0.2) is 16.1 Å². The van der Waals surface area contributed by atoms with E-state index in [1.54, 1.807) is 24.3 Å². The zero-order valence-corrected chi connectivity index (χ0v) is 16.0. The number of carbonyl (C=O) groups excluding carboxylic acids is 1. The number of rotatable bonds is 16. The summed E-state index contributed by atoms with van der Waals surface area (Å²) < 4.78 is 0. The molecule has 0 saturated heterocycles. The van der Waals surface area contributed by atoms with Crippen LogP contribution in [0.3, 0.4) is 0 Å². The van der Waals surface area contributed by atoms with Crippen LogP contribution in [0.4, 0.5) is 0 Å². The Labute approximate surface area is 160 Å². The third-order valence-electron chi connectivity index (χ3n) is 3.84. The molecule has 0 aliphatic rings. The second-order valence-corrected chi connectivity index (χ2v) is 6.08. The van der Waals surface area contributed by atoms with E-state index >= 15 is 0 Å². The molecule has 0 aliphatic carbocycles. The summed E-state index contributed by atoms with van der Waals surface area (Å²) in [4.78, 5) is 31.4. The number of allylic oxidation sites excluding steroid dienone is 7. The predicted octanol–water partition coefficient (Wildman–Crippen LogP) is 5.54. The van der Waals surface area contributed by atoms with E-state index in [1.165, 1.54) is 0 Å². The van der Waals surface area contributed by atoms with Gasteiger partial charge in [-0.2, -0.15) is 0 Å². The first kappa shape index (κ1) is 24.4. The molecular formula is C20H30N2O5. The van der Waals surface area contributed by atoms with Gasteiger partial charge in [0.15, 0.2) is 0 Å². The quantitative estimate of drug-likeness (QED) is 0.115. The van der Waals surface area contributed by atoms with Gasteiger partial charge in [0, 0.05) is 12.8 Å². The topological polar surface area (TPSA) is 103 Å². The minimum atomic E-state index is -0.409. The molecule has 0 aromatic rings. The molecule has 0 saturated carbocycles. The average Bonchev–Trinajstić information content (AvgIpc) is 2.63. The number of hydrogen-bond acceptors (Lipinski definition) is 5. The maximum atomic E-state index is 11.1. The molecule has 7 heteroatoms. The van der Waals surface area contributed by atoms with Crippen molar-refractivity contribution in [3.05, 3.63) is 68.1 Å². The Kier molecular flexibility index (Phi) is 15.3. The van der Waals surface area contributed by atoms with E-state index in [-0.39, 0.29) is 22.7 Å². The molecule has 27 heavy (non-hydrogen) atoms. The lowest BCUT2D eigenvalue weighted by atomic mass is 10.1. The maximum Gasteiger partial charge on any atom is 0.246 e. The molecule has 0 radical (unpaired) electrons. The molecule has 150 valence electrons. The monoisotopic (exact) mass is 378 g/mol. The third-order valence-corrected chi connectivity index (χ3v) is 3.84. The van der Waals surface area contributed by atoms with Crippen LogP contribution in [0.2, 0.25) is 0 Å². The van der Waals surface area contributed by atoms with Crippen LogP contribution in [-0.2, 0) is 4.79 Å². The van der Waals surface area contributed by atoms with Gasteiger partial charge in [-0.1, -0.05) is 44.1 Å². The third kappa shape index (κ3) is 14.3. The van der Waals surface area contributed by atoms with Crippen LogP contribution in [0, 0.1) is 20.2 Å². The summed E-state index contributed by atoms with van der Waals surface area (Å²) in [6, 6.07) is 0. The molecule has 0 aromatic carbocycles. The number of nitrogens with zero attached hydrogens (tertiary/aromatic N) is 2. The van der Waals surface area contributed by atoms with Crippen molar-refractivity contribution in [3.63, 3.8) is 0 Å². The number of hydrogen-bond donors (Lipinski definition) is 0. The summed E-state index contributed by atoms with van der Waals surface area (Å²) in [6.07, 6.45) is 17.5. The van der Waals surface area contributed by atoms with Crippen LogP contribution in [0.25, 0.3) is 0 Å². The molecule has 0 rings (SSSR count). The van der Waals surface area contributed by atoms with E-state index in [1.807, 2.05) is 19.1 Å². The molecule has 0 amide bonds. The van der Waals surface area contributed by atoms with Gasteiger partial charge in [0.05, 0.1) is 16.3 Å². The Morgan fingerprint density at radius 2 is 1.44 bits per heavy atom. The Bertz CT molecular complexity index is 577. The fourth-order valence-electron chi connectivity index (χ4n) is 2.30. The van der Waals surface area contributed by atoms with Gasteiger partial charge in [-0.25, -0.2) is 0 Å². The van der Waals surface area contributed by atoms with E-state index in [0.29, 0.717) is 25.7 Å². The van der Waals surface area contributed by atoms with E-state index in [0.717, 1.165) is 38.4 Å². The highest BCUT2D eigenvalue weighted by Gasteiger charge is 2.09. The number of unbranched alkanes of at least 4 members (excludes halogenated alkanes) is 4. The molecule has 0 unspecified atom stereocenters. The molecule has 0 aliphatic heterocycles. The minimum absolute atomic E-state index is 0.102. The fourth-order valence-corrected chi connectivity index (χ4v) is 2.30. The van der Waals surface area contributed by atoms with Crippen LogP contribution < -0.4 is 0 Å². The smallest absolute Gasteiger partial charge is 0.246 e. The van der Waals surface area contributed by atoms with Crippen molar-refractivity contribution in [2.24, 2.45) is 0 Å². The standard InChI is InChI=1S/C20H30N2O5/c1-2-3-9-14-19(21(24)25)16-11-8-12-17-20(22(26)27)15-10-6-4-5-7-13-18-23/h4,6,8,12,15-16,18H,2-3,5,7,9-11,13-14,17H2,1H3/b6-4+,12-8+,19-16-,20-15-. The summed E-state index contributed by atoms with van der Waals surface area (Å²) >= 11 is 0. The number of nitro groups is 2. The number of carbonyl (C=O) groups is 1. The Morgan fingerprint density at radius 1 is 0.815 bits per heavy atom. The molecule has 0 fully saturated rings. The first-order valence-corrected chi connectivity index (χ1v) is 9.43. The fraction of sp³-hybridized carbons (Fsp3) is 0.550. The minimum Gasteiger partial charge on any atom is -0.303 e. The maximum absolute atomic E-state index is 11.1. The molecule has 0 bridgehead atoms. The lowest BCUT2D eigenvalue weighted by Crippen LogP contribution is -1.98. The summed E-state index contributed by atoms with van der Waals surface area (Å²) in [6.45, 7) is 2.04. The van der Waals surface area contributed by atoms with Gasteiger partial charge in [0.2, 0.25) is 11.4 Å². The van der Waals surface area contributed by atoms with Crippen LogP contribution in [0.15, 0.2) is 47.9 Å². The summed E-state index contributed by atoms with van der Waals surface area (Å²) in [5, 5.41) is 22.0. The largest absolute Gasteiger partial charge is 0.303 e. The van der Waals surface area contributed by atoms with Crippen LogP contribution in [0.5, 0.6) is 0 Å². The van der Waals surface area contributed by atoms with Crippen LogP contribution >= 0.6 is 0 Å². The molecule has 0 atom stereocenters. The van der Waals surface area contributed by atoms with Crippen molar-refractivity contribution in [3.8, 4) is 0 Å². The second kappa shape index (κ2) is 16.9. The summed E-state index contributed by atoms with van der Waals surface area (Å²) in [5.41, 5.74) is 0.308. The zero-order valence-electron chi connectivity index (χ0n) is 16.0. The Balaban J connectivity index is 4.43. The SMILES string of the molecule is CCCCC/C(=C/C/C=C/C/C(=C/C/C=C/CCCC=O)[N+](=O)[O-])[N+](=O)[O-]. The lowest BCUT2D eigenvalue weighted by Gasteiger charge is -1.97. The van der Waals surface area contributed by atoms with Gasteiger partial charge in [0.25, 0.3) is 0 Å². The van der Waals surface area contributed by atoms with Crippen molar-refractivity contribution in [1.29, 1.82) is 0 Å². The molecule has 0 spiro atoms. The van der Waals surface area contributed by atoms with Gasteiger partial charge in [-0.05, 0) is 44.3 Å². The van der Waals surface area contributed by atoms with Gasteiger partial charge in [-0.15, -0.1) is 0 Å². The summed E-state index contributed by atoms with van der Waals surface area (Å²) in [7, 11) is 0. The molecule has 0 heterocycles. The first-order chi connectivity index (χ1) is 13.0. The van der Waals surface area contributed by atoms with Crippen molar-refractivity contribution in [1.82, 2.24) is 0 Å². The highest BCUT2D eigenvalue weighted by Crippen LogP contribution is 2.11. The van der Waals surface area contributed by atoms with E-state index in [4.69, 9.17) is 0 Å². The Morgan fingerprint density at radius 3 is 2.04 bits per heavy atom. The summed E-state index contributed by atoms with van der Waals surface area (Å²) in [5.74, 6) is 0. The lowest BCUT2D eigenvalue weighted by molar-refractivity contribution is -0.428. The molecular weight excluding hydrogens is 348 g/mol. The van der Waals surface area contributed by atoms with Crippen molar-refractivity contribution in [2.75, 3.05) is 0 Å². The molecule has 0 aromatic heterocycles. The van der Waals surface area contributed by atoms with E-state index in [2.05, 4.69) is 0 Å². The highest BCUT2D eigenvalue weighted by atomic mass is 16.6. The molecule has 7 nitrogen and oxygen atoms in total. The first-order valence-electron chi connectivity index (χ1n) is 9.43. The van der Waals surface area contributed by atoms with Crippen molar-refractivity contribution < 1.29 is 14.6 Å². The van der Waals surface area contributed by atoms with E-state index in [9.17, 15) is 25.0 Å². The normalized spacial score (nSPS) is 12.8. The Hall–Kier alpha value is -2.57. The van der Waals surface area contributed by atoms with Crippen molar-refractivity contribution in [2.45, 2.75) is 71.1 Å².